The van der Waals surface area contributed by atoms with Crippen LogP contribution in [0.15, 0.2) is 59.1 Å². The second kappa shape index (κ2) is 6.93. The molecular weight excluding hydrogens is 314 g/mol. The first-order valence-corrected chi connectivity index (χ1v) is 7.07. The molecule has 20 heavy (non-hydrogen) atoms. The molecule has 0 heterocycles. The van der Waals surface area contributed by atoms with E-state index >= 15 is 0 Å². The summed E-state index contributed by atoms with van der Waals surface area (Å²) in [6, 6.07) is 17.2. The topological polar surface area (TPSA) is 29.1 Å². The van der Waals surface area contributed by atoms with Gasteiger partial charge < -0.3 is 5.32 Å². The van der Waals surface area contributed by atoms with E-state index in [0.717, 1.165) is 15.6 Å². The Balaban J connectivity index is 2.00. The molecule has 1 atom stereocenters. The molecule has 3 heteroatoms. The van der Waals surface area contributed by atoms with Gasteiger partial charge in [0.15, 0.2) is 0 Å². The monoisotopic (exact) mass is 327 g/mol. The smallest absolute Gasteiger partial charge is 0.296 e. The van der Waals surface area contributed by atoms with Crippen LogP contribution in [0.2, 0.25) is 0 Å². The van der Waals surface area contributed by atoms with Gasteiger partial charge in [-0.1, -0.05) is 52.2 Å². The largest absolute Gasteiger partial charge is 0.339 e. The van der Waals surface area contributed by atoms with Gasteiger partial charge in [0.25, 0.3) is 5.91 Å². The number of hydrogen-bond donors (Lipinski definition) is 1. The molecule has 0 spiro atoms. The molecule has 0 aliphatic heterocycles. The third-order valence-corrected chi connectivity index (χ3v) is 3.28. The molecule has 0 bridgehead atoms. The van der Waals surface area contributed by atoms with Crippen molar-refractivity contribution in [2.75, 3.05) is 0 Å². The van der Waals surface area contributed by atoms with Crippen LogP contribution >= 0.6 is 15.9 Å². The van der Waals surface area contributed by atoms with Gasteiger partial charge in [-0.3, -0.25) is 4.79 Å². The van der Waals surface area contributed by atoms with E-state index in [1.165, 1.54) is 0 Å². The molecule has 2 aromatic rings. The highest BCUT2D eigenvalue weighted by Crippen LogP contribution is 2.17. The van der Waals surface area contributed by atoms with Crippen molar-refractivity contribution in [3.05, 3.63) is 70.2 Å². The lowest BCUT2D eigenvalue weighted by Crippen LogP contribution is -2.25. The average molecular weight is 328 g/mol. The highest BCUT2D eigenvalue weighted by molar-refractivity contribution is 9.10. The van der Waals surface area contributed by atoms with Crippen LogP contribution in [0, 0.1) is 11.8 Å². The van der Waals surface area contributed by atoms with Crippen LogP contribution in [0.3, 0.4) is 0 Å². The SMILES string of the molecule is CC(NC(=O)C#Cc1ccccc1)c1cccc(Br)c1. The normalized spacial score (nSPS) is 11.1. The number of halogens is 1. The lowest BCUT2D eigenvalue weighted by Gasteiger charge is -2.12. The van der Waals surface area contributed by atoms with Crippen molar-refractivity contribution in [1.82, 2.24) is 5.32 Å². The zero-order valence-corrected chi connectivity index (χ0v) is 12.6. The summed E-state index contributed by atoms with van der Waals surface area (Å²) in [6.45, 7) is 1.93. The van der Waals surface area contributed by atoms with E-state index in [-0.39, 0.29) is 11.9 Å². The molecule has 0 radical (unpaired) electrons. The molecule has 1 amide bonds. The first kappa shape index (κ1) is 14.4. The Morgan fingerprint density at radius 2 is 1.90 bits per heavy atom. The summed E-state index contributed by atoms with van der Waals surface area (Å²) in [4.78, 5) is 11.8. The number of carbonyl (C=O) groups excluding carboxylic acids is 1. The van der Waals surface area contributed by atoms with Gasteiger partial charge >= 0.3 is 0 Å². The Morgan fingerprint density at radius 3 is 2.60 bits per heavy atom. The Bertz CT molecular complexity index is 655. The van der Waals surface area contributed by atoms with Crippen LogP contribution in [0.25, 0.3) is 0 Å². The fourth-order valence-electron chi connectivity index (χ4n) is 1.74. The van der Waals surface area contributed by atoms with Crippen LogP contribution in [0.4, 0.5) is 0 Å². The van der Waals surface area contributed by atoms with Gasteiger partial charge in [0.05, 0.1) is 6.04 Å². The summed E-state index contributed by atoms with van der Waals surface area (Å²) < 4.78 is 0.992. The molecule has 0 fully saturated rings. The minimum Gasteiger partial charge on any atom is -0.339 e. The second-order valence-corrected chi connectivity index (χ2v) is 5.28. The summed E-state index contributed by atoms with van der Waals surface area (Å²) in [5.74, 6) is 5.17. The maximum Gasteiger partial charge on any atom is 0.296 e. The lowest BCUT2D eigenvalue weighted by atomic mass is 10.1. The van der Waals surface area contributed by atoms with Crippen molar-refractivity contribution in [3.63, 3.8) is 0 Å². The van der Waals surface area contributed by atoms with E-state index in [0.29, 0.717) is 0 Å². The number of benzene rings is 2. The number of nitrogens with one attached hydrogen (secondary N) is 1. The number of hydrogen-bond acceptors (Lipinski definition) is 1. The zero-order chi connectivity index (χ0) is 14.4. The Labute approximate surface area is 127 Å². The number of amides is 1. The van der Waals surface area contributed by atoms with E-state index in [4.69, 9.17) is 0 Å². The van der Waals surface area contributed by atoms with Crippen molar-refractivity contribution in [1.29, 1.82) is 0 Å². The van der Waals surface area contributed by atoms with Crippen LogP contribution in [0.5, 0.6) is 0 Å². The molecule has 1 N–H and O–H groups in total. The van der Waals surface area contributed by atoms with Crippen LogP contribution in [-0.4, -0.2) is 5.91 Å². The molecular formula is C17H14BrNO. The second-order valence-electron chi connectivity index (χ2n) is 4.37. The fourth-order valence-corrected chi connectivity index (χ4v) is 2.16. The zero-order valence-electron chi connectivity index (χ0n) is 11.1. The lowest BCUT2D eigenvalue weighted by molar-refractivity contribution is -0.116. The van der Waals surface area contributed by atoms with Gasteiger partial charge in [0.2, 0.25) is 0 Å². The minimum atomic E-state index is -0.277. The summed E-state index contributed by atoms with van der Waals surface area (Å²) in [7, 11) is 0. The molecule has 2 nitrogen and oxygen atoms in total. The van der Waals surface area contributed by atoms with Gasteiger partial charge in [-0.05, 0) is 36.8 Å². The summed E-state index contributed by atoms with van der Waals surface area (Å²) in [6.07, 6.45) is 0. The first-order chi connectivity index (χ1) is 9.65. The van der Waals surface area contributed by atoms with Gasteiger partial charge in [-0.2, -0.15) is 0 Å². The molecule has 0 saturated heterocycles. The maximum absolute atomic E-state index is 11.8. The van der Waals surface area contributed by atoms with E-state index in [9.17, 15) is 4.79 Å². The minimum absolute atomic E-state index is 0.0786. The highest BCUT2D eigenvalue weighted by atomic mass is 79.9. The van der Waals surface area contributed by atoms with Crippen LogP contribution in [0.1, 0.15) is 24.1 Å². The van der Waals surface area contributed by atoms with Gasteiger partial charge in [0, 0.05) is 16.0 Å². The molecule has 100 valence electrons. The molecule has 0 saturated carbocycles. The quantitative estimate of drug-likeness (QED) is 0.837. The number of carbonyl (C=O) groups is 1. The molecule has 2 rings (SSSR count). The highest BCUT2D eigenvalue weighted by Gasteiger charge is 2.07. The van der Waals surface area contributed by atoms with Gasteiger partial charge in [-0.25, -0.2) is 0 Å². The van der Waals surface area contributed by atoms with E-state index in [1.54, 1.807) is 0 Å². The van der Waals surface area contributed by atoms with Crippen molar-refractivity contribution in [2.24, 2.45) is 0 Å². The summed E-state index contributed by atoms with van der Waals surface area (Å²) in [5, 5.41) is 2.86. The molecule has 2 aromatic carbocycles. The third kappa shape index (κ3) is 4.25. The Morgan fingerprint density at radius 1 is 1.15 bits per heavy atom. The third-order valence-electron chi connectivity index (χ3n) is 2.79. The van der Waals surface area contributed by atoms with Crippen LogP contribution in [-0.2, 0) is 4.79 Å². The van der Waals surface area contributed by atoms with E-state index in [2.05, 4.69) is 33.1 Å². The van der Waals surface area contributed by atoms with E-state index in [1.807, 2.05) is 61.5 Å². The van der Waals surface area contributed by atoms with Crippen LogP contribution < -0.4 is 5.32 Å². The van der Waals surface area contributed by atoms with Crippen molar-refractivity contribution >= 4 is 21.8 Å². The van der Waals surface area contributed by atoms with Gasteiger partial charge in [0.1, 0.15) is 0 Å². The molecule has 0 aliphatic carbocycles. The Kier molecular flexibility index (Phi) is 4.97. The van der Waals surface area contributed by atoms with Crippen molar-refractivity contribution < 1.29 is 4.79 Å². The average Bonchev–Trinajstić information content (AvgIpc) is 2.46. The first-order valence-electron chi connectivity index (χ1n) is 6.28. The van der Waals surface area contributed by atoms with Gasteiger partial charge in [-0.15, -0.1) is 0 Å². The molecule has 1 unspecified atom stereocenters. The van der Waals surface area contributed by atoms with E-state index < -0.39 is 0 Å². The van der Waals surface area contributed by atoms with Crippen molar-refractivity contribution in [3.8, 4) is 11.8 Å². The number of rotatable bonds is 2. The molecule has 0 aliphatic rings. The Hall–Kier alpha value is -2.05. The predicted octanol–water partition coefficient (Wildman–Crippen LogP) is 3.68. The fraction of sp³-hybridized carbons (Fsp3) is 0.118. The standard InChI is InChI=1S/C17H14BrNO/c1-13(15-8-5-9-16(18)12-15)19-17(20)11-10-14-6-3-2-4-7-14/h2-9,12-13H,1H3,(H,19,20). The summed E-state index contributed by atoms with van der Waals surface area (Å²) in [5.41, 5.74) is 1.87. The van der Waals surface area contributed by atoms with Crippen molar-refractivity contribution in [2.45, 2.75) is 13.0 Å². The molecule has 0 aromatic heterocycles. The maximum atomic E-state index is 11.8. The predicted molar refractivity (Wildman–Crippen MR) is 84.0 cm³/mol. The summed E-state index contributed by atoms with van der Waals surface area (Å²) >= 11 is 3.42.